The van der Waals surface area contributed by atoms with Gasteiger partial charge in [0.25, 0.3) is 0 Å². The van der Waals surface area contributed by atoms with Gasteiger partial charge in [0.1, 0.15) is 0 Å². The minimum absolute atomic E-state index is 0.241. The molecule has 88 valence electrons. The number of benzene rings is 1. The zero-order valence-electron chi connectivity index (χ0n) is 9.29. The van der Waals surface area contributed by atoms with E-state index in [9.17, 15) is 0 Å². The molecule has 0 atom stereocenters. The maximum Gasteiger partial charge on any atom is 0.174 e. The van der Waals surface area contributed by atoms with Crippen LogP contribution in [0.4, 0.5) is 5.69 Å². The first-order chi connectivity index (χ1) is 8.19. The van der Waals surface area contributed by atoms with Crippen molar-refractivity contribution in [2.75, 3.05) is 5.32 Å². The number of hydrogen-bond donors (Lipinski definition) is 2. The molecule has 0 unspecified atom stereocenters. The Morgan fingerprint density at radius 2 is 2.12 bits per heavy atom. The average Bonchev–Trinajstić information content (AvgIpc) is 2.78. The fourth-order valence-corrected chi connectivity index (χ4v) is 1.43. The van der Waals surface area contributed by atoms with Gasteiger partial charge in [-0.05, 0) is 41.7 Å². The third kappa shape index (κ3) is 2.76. The first-order valence-electron chi connectivity index (χ1n) is 5.15. The molecular weight excluding hydrogens is 236 g/mol. The Labute approximate surface area is 104 Å². The van der Waals surface area contributed by atoms with Crippen LogP contribution in [0.1, 0.15) is 12.7 Å². The SMILES string of the molecule is CCc1nnn(-c2ccc(NC(N)=S)cc2)n1. The van der Waals surface area contributed by atoms with E-state index in [1.165, 1.54) is 4.80 Å². The van der Waals surface area contributed by atoms with E-state index in [1.807, 2.05) is 31.2 Å². The number of nitrogens with two attached hydrogens (primary N) is 1. The predicted molar refractivity (Wildman–Crippen MR) is 68.9 cm³/mol. The van der Waals surface area contributed by atoms with Crippen LogP contribution in [0.3, 0.4) is 0 Å². The third-order valence-corrected chi connectivity index (χ3v) is 2.24. The number of aromatic nitrogens is 4. The molecule has 17 heavy (non-hydrogen) atoms. The highest BCUT2D eigenvalue weighted by molar-refractivity contribution is 7.80. The van der Waals surface area contributed by atoms with Crippen LogP contribution in [0.25, 0.3) is 5.69 Å². The standard InChI is InChI=1S/C10H12N6S/c1-2-9-13-15-16(14-9)8-5-3-7(4-6-8)12-10(11)17/h3-6H,2H2,1H3,(H3,11,12,17). The molecule has 1 aromatic heterocycles. The summed E-state index contributed by atoms with van der Waals surface area (Å²) in [6.45, 7) is 1.98. The van der Waals surface area contributed by atoms with Gasteiger partial charge in [-0.15, -0.1) is 15.0 Å². The zero-order valence-corrected chi connectivity index (χ0v) is 10.1. The summed E-state index contributed by atoms with van der Waals surface area (Å²) in [5, 5.41) is 15.2. The molecule has 0 saturated heterocycles. The van der Waals surface area contributed by atoms with Gasteiger partial charge < -0.3 is 11.1 Å². The molecule has 0 amide bonds. The number of thiocarbonyl (C=S) groups is 1. The predicted octanol–water partition coefficient (Wildman–Crippen LogP) is 0.880. The summed E-state index contributed by atoms with van der Waals surface area (Å²) in [6.07, 6.45) is 0.765. The summed E-state index contributed by atoms with van der Waals surface area (Å²) < 4.78 is 0. The zero-order chi connectivity index (χ0) is 12.3. The number of rotatable bonds is 3. The molecule has 0 spiro atoms. The van der Waals surface area contributed by atoms with Crippen molar-refractivity contribution in [2.24, 2.45) is 5.73 Å². The lowest BCUT2D eigenvalue weighted by Crippen LogP contribution is -2.18. The summed E-state index contributed by atoms with van der Waals surface area (Å²) in [6, 6.07) is 7.43. The highest BCUT2D eigenvalue weighted by atomic mass is 32.1. The van der Waals surface area contributed by atoms with Crippen molar-refractivity contribution in [3.63, 3.8) is 0 Å². The molecular formula is C10H12N6S. The molecule has 3 N–H and O–H groups in total. The Hall–Kier alpha value is -2.02. The molecule has 7 heteroatoms. The first-order valence-corrected chi connectivity index (χ1v) is 5.55. The maximum atomic E-state index is 5.38. The molecule has 1 heterocycles. The minimum Gasteiger partial charge on any atom is -0.376 e. The molecule has 2 aromatic rings. The van der Waals surface area contributed by atoms with Crippen molar-refractivity contribution in [2.45, 2.75) is 13.3 Å². The normalized spacial score (nSPS) is 10.2. The van der Waals surface area contributed by atoms with Crippen LogP contribution < -0.4 is 11.1 Å². The fourth-order valence-electron chi connectivity index (χ4n) is 1.31. The van der Waals surface area contributed by atoms with Crippen molar-refractivity contribution in [3.8, 4) is 5.69 Å². The minimum atomic E-state index is 0.241. The lowest BCUT2D eigenvalue weighted by atomic mass is 10.3. The van der Waals surface area contributed by atoms with Crippen molar-refractivity contribution >= 4 is 23.0 Å². The number of aryl methyl sites for hydroxylation is 1. The van der Waals surface area contributed by atoms with E-state index in [2.05, 4.69) is 20.7 Å². The van der Waals surface area contributed by atoms with Gasteiger partial charge in [-0.1, -0.05) is 6.92 Å². The van der Waals surface area contributed by atoms with E-state index in [0.29, 0.717) is 0 Å². The van der Waals surface area contributed by atoms with E-state index in [1.54, 1.807) is 0 Å². The molecule has 0 aliphatic rings. The number of anilines is 1. The van der Waals surface area contributed by atoms with Gasteiger partial charge in [0.2, 0.25) is 0 Å². The van der Waals surface area contributed by atoms with Crippen LogP contribution in [-0.4, -0.2) is 25.3 Å². The van der Waals surface area contributed by atoms with Gasteiger partial charge >= 0.3 is 0 Å². The van der Waals surface area contributed by atoms with Crippen LogP contribution in [0.15, 0.2) is 24.3 Å². The maximum absolute atomic E-state index is 5.38. The lowest BCUT2D eigenvalue weighted by Gasteiger charge is -2.04. The van der Waals surface area contributed by atoms with Crippen LogP contribution in [-0.2, 0) is 6.42 Å². The Kier molecular flexibility index (Phi) is 3.29. The van der Waals surface area contributed by atoms with Gasteiger partial charge in [0.05, 0.1) is 5.69 Å². The van der Waals surface area contributed by atoms with Gasteiger partial charge in [-0.25, -0.2) is 0 Å². The molecule has 0 saturated carbocycles. The van der Waals surface area contributed by atoms with Crippen LogP contribution in [0.5, 0.6) is 0 Å². The molecule has 0 aliphatic carbocycles. The number of nitrogens with zero attached hydrogens (tertiary/aromatic N) is 4. The lowest BCUT2D eigenvalue weighted by molar-refractivity contribution is 0.718. The van der Waals surface area contributed by atoms with Gasteiger partial charge in [0, 0.05) is 12.1 Å². The van der Waals surface area contributed by atoms with E-state index in [0.717, 1.165) is 23.6 Å². The number of tetrazole rings is 1. The molecule has 6 nitrogen and oxygen atoms in total. The topological polar surface area (TPSA) is 81.7 Å². The van der Waals surface area contributed by atoms with Crippen LogP contribution in [0, 0.1) is 0 Å². The fraction of sp³-hybridized carbons (Fsp3) is 0.200. The highest BCUT2D eigenvalue weighted by Crippen LogP contribution is 2.11. The second-order valence-electron chi connectivity index (χ2n) is 3.38. The molecule has 0 fully saturated rings. The van der Waals surface area contributed by atoms with Gasteiger partial charge in [0.15, 0.2) is 10.9 Å². The first kappa shape index (κ1) is 11.5. The third-order valence-electron chi connectivity index (χ3n) is 2.14. The van der Waals surface area contributed by atoms with Crippen molar-refractivity contribution in [1.82, 2.24) is 20.2 Å². The Balaban J connectivity index is 2.19. The molecule has 2 rings (SSSR count). The highest BCUT2D eigenvalue weighted by Gasteiger charge is 2.02. The molecule has 0 aliphatic heterocycles. The van der Waals surface area contributed by atoms with Crippen LogP contribution in [0.2, 0.25) is 0 Å². The monoisotopic (exact) mass is 248 g/mol. The van der Waals surface area contributed by atoms with Gasteiger partial charge in [-0.2, -0.15) is 0 Å². The van der Waals surface area contributed by atoms with E-state index in [4.69, 9.17) is 18.0 Å². The Morgan fingerprint density at radius 3 is 2.65 bits per heavy atom. The summed E-state index contributed by atoms with van der Waals surface area (Å²) in [7, 11) is 0. The van der Waals surface area contributed by atoms with E-state index < -0.39 is 0 Å². The molecule has 0 bridgehead atoms. The largest absolute Gasteiger partial charge is 0.376 e. The Bertz CT molecular complexity index is 518. The van der Waals surface area contributed by atoms with Crippen molar-refractivity contribution in [3.05, 3.63) is 30.1 Å². The van der Waals surface area contributed by atoms with E-state index in [-0.39, 0.29) is 5.11 Å². The molecule has 0 radical (unpaired) electrons. The quantitative estimate of drug-likeness (QED) is 0.785. The number of hydrogen-bond acceptors (Lipinski definition) is 4. The second kappa shape index (κ2) is 4.88. The van der Waals surface area contributed by atoms with E-state index >= 15 is 0 Å². The number of nitrogens with one attached hydrogen (secondary N) is 1. The Morgan fingerprint density at radius 1 is 1.41 bits per heavy atom. The average molecular weight is 248 g/mol. The van der Waals surface area contributed by atoms with Crippen LogP contribution >= 0.6 is 12.2 Å². The van der Waals surface area contributed by atoms with Crippen molar-refractivity contribution in [1.29, 1.82) is 0 Å². The summed E-state index contributed by atoms with van der Waals surface area (Å²) >= 11 is 4.75. The van der Waals surface area contributed by atoms with Crippen molar-refractivity contribution < 1.29 is 0 Å². The summed E-state index contributed by atoms with van der Waals surface area (Å²) in [4.78, 5) is 1.49. The van der Waals surface area contributed by atoms with Gasteiger partial charge in [-0.3, -0.25) is 0 Å². The summed E-state index contributed by atoms with van der Waals surface area (Å²) in [5.41, 5.74) is 7.04. The summed E-state index contributed by atoms with van der Waals surface area (Å²) in [5.74, 6) is 0.718. The smallest absolute Gasteiger partial charge is 0.174 e. The molecule has 1 aromatic carbocycles. The second-order valence-corrected chi connectivity index (χ2v) is 3.82.